The molecule has 0 bridgehead atoms. The number of imide groups is 1. The van der Waals surface area contributed by atoms with Crippen molar-refractivity contribution in [3.05, 3.63) is 54.2 Å². The fourth-order valence-corrected chi connectivity index (χ4v) is 3.38. The molecule has 150 valence electrons. The number of urea groups is 1. The number of nitrogens with zero attached hydrogens (tertiary/aromatic N) is 3. The maximum absolute atomic E-state index is 12.4. The van der Waals surface area contributed by atoms with E-state index in [4.69, 9.17) is 4.42 Å². The summed E-state index contributed by atoms with van der Waals surface area (Å²) >= 11 is 0. The number of nitrogens with one attached hydrogen (secondary N) is 2. The molecule has 0 radical (unpaired) electrons. The van der Waals surface area contributed by atoms with Crippen LogP contribution >= 0.6 is 0 Å². The lowest BCUT2D eigenvalue weighted by Crippen LogP contribution is -2.32. The Hall–Kier alpha value is -3.62. The molecule has 1 unspecified atom stereocenters. The van der Waals surface area contributed by atoms with Gasteiger partial charge in [0.05, 0.1) is 30.4 Å². The number of amides is 4. The van der Waals surface area contributed by atoms with E-state index in [1.54, 1.807) is 12.1 Å². The Bertz CT molecular complexity index is 1060. The SMILES string of the molecule is Cn1c(CNC(=O)CCC2NC(=O)N(Cc3ccco3)C2=O)nc2ccccc21. The number of aromatic nitrogens is 2. The standard InChI is InChI=1S/C20H21N5O4/c1-24-16-7-3-2-6-14(16)22-17(24)11-21-18(26)9-8-15-19(27)25(20(28)23-15)12-13-5-4-10-29-13/h2-7,10,15H,8-9,11-12H2,1H3,(H,21,26)(H,23,28). The molecule has 2 N–H and O–H groups in total. The molecule has 0 saturated carbocycles. The van der Waals surface area contributed by atoms with Crippen molar-refractivity contribution < 1.29 is 18.8 Å². The first-order valence-corrected chi connectivity index (χ1v) is 9.34. The molecule has 1 fully saturated rings. The van der Waals surface area contributed by atoms with E-state index in [2.05, 4.69) is 15.6 Å². The smallest absolute Gasteiger partial charge is 0.325 e. The highest BCUT2D eigenvalue weighted by molar-refractivity contribution is 6.04. The molecule has 3 aromatic rings. The quantitative estimate of drug-likeness (QED) is 0.592. The minimum absolute atomic E-state index is 0.0765. The molecule has 1 aliphatic heterocycles. The largest absolute Gasteiger partial charge is 0.467 e. The molecule has 2 aromatic heterocycles. The molecule has 4 rings (SSSR count). The number of rotatable bonds is 7. The molecule has 9 nitrogen and oxygen atoms in total. The fraction of sp³-hybridized carbons (Fsp3) is 0.300. The van der Waals surface area contributed by atoms with Crippen molar-refractivity contribution in [2.24, 2.45) is 7.05 Å². The maximum atomic E-state index is 12.4. The third-order valence-corrected chi connectivity index (χ3v) is 4.98. The molecule has 1 saturated heterocycles. The van der Waals surface area contributed by atoms with E-state index in [0.29, 0.717) is 12.3 Å². The van der Waals surface area contributed by atoms with Crippen LogP contribution < -0.4 is 10.6 Å². The maximum Gasteiger partial charge on any atom is 0.325 e. The summed E-state index contributed by atoms with van der Waals surface area (Å²) in [7, 11) is 1.90. The zero-order valence-corrected chi connectivity index (χ0v) is 15.9. The minimum atomic E-state index is -0.709. The normalized spacial score (nSPS) is 16.4. The Morgan fingerprint density at radius 1 is 1.24 bits per heavy atom. The van der Waals surface area contributed by atoms with Crippen LogP contribution in [-0.4, -0.2) is 38.3 Å². The van der Waals surface area contributed by atoms with Crippen molar-refractivity contribution in [3.8, 4) is 0 Å². The zero-order chi connectivity index (χ0) is 20.4. The van der Waals surface area contributed by atoms with Crippen molar-refractivity contribution in [3.63, 3.8) is 0 Å². The summed E-state index contributed by atoms with van der Waals surface area (Å²) in [5.74, 6) is 0.710. The van der Waals surface area contributed by atoms with Gasteiger partial charge in [0.15, 0.2) is 0 Å². The van der Waals surface area contributed by atoms with Gasteiger partial charge in [-0.15, -0.1) is 0 Å². The third kappa shape index (κ3) is 3.84. The number of furan rings is 1. The number of benzene rings is 1. The third-order valence-electron chi connectivity index (χ3n) is 4.98. The molecule has 0 spiro atoms. The molecule has 1 aromatic carbocycles. The summed E-state index contributed by atoms with van der Waals surface area (Å²) in [4.78, 5) is 42.3. The number of hydrogen-bond acceptors (Lipinski definition) is 5. The average molecular weight is 395 g/mol. The van der Waals surface area contributed by atoms with E-state index in [1.807, 2.05) is 35.9 Å². The molecule has 1 atom stereocenters. The Morgan fingerprint density at radius 2 is 2.07 bits per heavy atom. The molecule has 3 heterocycles. The first-order valence-electron chi connectivity index (χ1n) is 9.34. The van der Waals surface area contributed by atoms with Crippen LogP contribution in [0.1, 0.15) is 24.4 Å². The van der Waals surface area contributed by atoms with E-state index < -0.39 is 12.1 Å². The topological polar surface area (TPSA) is 109 Å². The van der Waals surface area contributed by atoms with E-state index in [9.17, 15) is 14.4 Å². The molecule has 9 heteroatoms. The average Bonchev–Trinajstić information content (AvgIpc) is 3.41. The van der Waals surface area contributed by atoms with Gasteiger partial charge in [0.25, 0.3) is 5.91 Å². The van der Waals surface area contributed by atoms with Gasteiger partial charge in [-0.05, 0) is 30.7 Å². The second kappa shape index (κ2) is 7.78. The highest BCUT2D eigenvalue weighted by Crippen LogP contribution is 2.16. The van der Waals surface area contributed by atoms with E-state index in [-0.39, 0.29) is 31.2 Å². The molecule has 1 aliphatic rings. The highest BCUT2D eigenvalue weighted by Gasteiger charge is 2.38. The Labute approximate surface area is 166 Å². The minimum Gasteiger partial charge on any atom is -0.467 e. The highest BCUT2D eigenvalue weighted by atomic mass is 16.3. The van der Waals surface area contributed by atoms with Crippen LogP contribution in [0.4, 0.5) is 4.79 Å². The Morgan fingerprint density at radius 3 is 2.83 bits per heavy atom. The predicted octanol–water partition coefficient (Wildman–Crippen LogP) is 1.68. The van der Waals surface area contributed by atoms with E-state index in [0.717, 1.165) is 21.8 Å². The number of aryl methyl sites for hydroxylation is 1. The summed E-state index contributed by atoms with van der Waals surface area (Å²) < 4.78 is 7.12. The number of carbonyl (C=O) groups is 3. The van der Waals surface area contributed by atoms with Crippen LogP contribution in [0.15, 0.2) is 47.1 Å². The summed E-state index contributed by atoms with van der Waals surface area (Å²) in [6.07, 6.45) is 1.84. The molecule has 29 heavy (non-hydrogen) atoms. The van der Waals surface area contributed by atoms with Crippen LogP contribution in [0.5, 0.6) is 0 Å². The summed E-state index contributed by atoms with van der Waals surface area (Å²) in [6.45, 7) is 0.368. The van der Waals surface area contributed by atoms with Gasteiger partial charge >= 0.3 is 6.03 Å². The van der Waals surface area contributed by atoms with Crippen molar-refractivity contribution >= 4 is 28.9 Å². The van der Waals surface area contributed by atoms with E-state index >= 15 is 0 Å². The van der Waals surface area contributed by atoms with Gasteiger partial charge in [-0.3, -0.25) is 14.5 Å². The lowest BCUT2D eigenvalue weighted by Gasteiger charge is -2.11. The second-order valence-electron chi connectivity index (χ2n) is 6.90. The number of carbonyl (C=O) groups excluding carboxylic acids is 3. The summed E-state index contributed by atoms with van der Waals surface area (Å²) in [6, 6.07) is 9.95. The van der Waals surface area contributed by atoms with Crippen LogP contribution in [0.2, 0.25) is 0 Å². The zero-order valence-electron chi connectivity index (χ0n) is 15.9. The molecule has 4 amide bonds. The van der Waals surface area contributed by atoms with Crippen molar-refractivity contribution in [2.45, 2.75) is 32.0 Å². The lowest BCUT2D eigenvalue weighted by atomic mass is 10.1. The number of hydrogen-bond donors (Lipinski definition) is 2. The van der Waals surface area contributed by atoms with Gasteiger partial charge in [-0.1, -0.05) is 12.1 Å². The number of para-hydroxylation sites is 2. The van der Waals surface area contributed by atoms with Crippen molar-refractivity contribution in [2.75, 3.05) is 0 Å². The van der Waals surface area contributed by atoms with Crippen LogP contribution in [0.25, 0.3) is 11.0 Å². The van der Waals surface area contributed by atoms with Crippen molar-refractivity contribution in [1.29, 1.82) is 0 Å². The predicted molar refractivity (Wildman–Crippen MR) is 103 cm³/mol. The van der Waals surface area contributed by atoms with Crippen LogP contribution in [0.3, 0.4) is 0 Å². The lowest BCUT2D eigenvalue weighted by molar-refractivity contribution is -0.128. The van der Waals surface area contributed by atoms with Gasteiger partial charge in [-0.2, -0.15) is 0 Å². The van der Waals surface area contributed by atoms with Gasteiger partial charge < -0.3 is 19.6 Å². The Balaban J connectivity index is 1.28. The Kier molecular flexibility index (Phi) is 5.03. The van der Waals surface area contributed by atoms with Crippen LogP contribution in [-0.2, 0) is 29.7 Å². The number of imidazole rings is 1. The first kappa shape index (κ1) is 18.7. The van der Waals surface area contributed by atoms with Gasteiger partial charge in [-0.25, -0.2) is 9.78 Å². The van der Waals surface area contributed by atoms with Gasteiger partial charge in [0, 0.05) is 13.5 Å². The molecular weight excluding hydrogens is 374 g/mol. The second-order valence-corrected chi connectivity index (χ2v) is 6.90. The molecule has 0 aliphatic carbocycles. The van der Waals surface area contributed by atoms with Crippen molar-refractivity contribution in [1.82, 2.24) is 25.1 Å². The molecular formula is C20H21N5O4. The fourth-order valence-electron chi connectivity index (χ4n) is 3.38. The van der Waals surface area contributed by atoms with Gasteiger partial charge in [0.1, 0.15) is 17.6 Å². The summed E-state index contributed by atoms with van der Waals surface area (Å²) in [5.41, 5.74) is 1.86. The number of fused-ring (bicyclic) bond motifs is 1. The van der Waals surface area contributed by atoms with Gasteiger partial charge in [0.2, 0.25) is 5.91 Å². The monoisotopic (exact) mass is 395 g/mol. The first-order chi connectivity index (χ1) is 14.0. The summed E-state index contributed by atoms with van der Waals surface area (Å²) in [5, 5.41) is 5.44. The van der Waals surface area contributed by atoms with Crippen LogP contribution in [0, 0.1) is 0 Å². The van der Waals surface area contributed by atoms with E-state index in [1.165, 1.54) is 6.26 Å².